The molecule has 0 atom stereocenters. The minimum Gasteiger partial charge on any atom is -0.344 e. The van der Waals surface area contributed by atoms with Crippen LogP contribution in [0.15, 0.2) is 60.8 Å². The quantitative estimate of drug-likeness (QED) is 0.512. The maximum atomic E-state index is 12.7. The summed E-state index contributed by atoms with van der Waals surface area (Å²) in [4.78, 5) is 14.3. The molecule has 0 unspecified atom stereocenters. The standard InChI is InChI=1S/C20H16N6OS/c1-13-15-11-16(28-20(15)26(24-13)14-7-3-2-4-8-14)19(27)21-12-18-23-22-17-9-5-6-10-25(17)18/h2-11H,12H2,1H3,(H,21,27). The number of pyridine rings is 1. The molecule has 0 saturated carbocycles. The minimum absolute atomic E-state index is 0.132. The molecule has 5 aromatic rings. The Morgan fingerprint density at radius 3 is 2.79 bits per heavy atom. The molecule has 7 nitrogen and oxygen atoms in total. The van der Waals surface area contributed by atoms with Crippen LogP contribution < -0.4 is 5.32 Å². The summed E-state index contributed by atoms with van der Waals surface area (Å²) in [6.45, 7) is 2.26. The van der Waals surface area contributed by atoms with Crippen molar-refractivity contribution < 1.29 is 4.79 Å². The van der Waals surface area contributed by atoms with E-state index in [2.05, 4.69) is 20.6 Å². The second-order valence-electron chi connectivity index (χ2n) is 6.39. The molecule has 0 saturated heterocycles. The van der Waals surface area contributed by atoms with Gasteiger partial charge in [-0.25, -0.2) is 4.68 Å². The number of rotatable bonds is 4. The van der Waals surface area contributed by atoms with Gasteiger partial charge in [0.05, 0.1) is 22.8 Å². The normalized spacial score (nSPS) is 11.3. The first-order valence-electron chi connectivity index (χ1n) is 8.82. The van der Waals surface area contributed by atoms with Crippen LogP contribution in [0.5, 0.6) is 0 Å². The molecule has 1 aromatic carbocycles. The number of nitrogens with one attached hydrogen (secondary N) is 1. The van der Waals surface area contributed by atoms with Crippen molar-refractivity contribution in [2.45, 2.75) is 13.5 Å². The molecule has 0 spiro atoms. The second-order valence-corrected chi connectivity index (χ2v) is 7.42. The Morgan fingerprint density at radius 2 is 1.93 bits per heavy atom. The third kappa shape index (κ3) is 2.74. The van der Waals surface area contributed by atoms with Crippen molar-refractivity contribution >= 4 is 33.1 Å². The third-order valence-electron chi connectivity index (χ3n) is 4.56. The molecule has 4 heterocycles. The smallest absolute Gasteiger partial charge is 0.261 e. The zero-order valence-corrected chi connectivity index (χ0v) is 15.8. The van der Waals surface area contributed by atoms with Gasteiger partial charge in [-0.2, -0.15) is 5.10 Å². The predicted molar refractivity (Wildman–Crippen MR) is 108 cm³/mol. The maximum absolute atomic E-state index is 12.7. The van der Waals surface area contributed by atoms with Crippen LogP contribution in [0.4, 0.5) is 0 Å². The van der Waals surface area contributed by atoms with Gasteiger partial charge in [0.25, 0.3) is 5.91 Å². The fourth-order valence-corrected chi connectivity index (χ4v) is 4.26. The number of carbonyl (C=O) groups excluding carboxylic acids is 1. The molecule has 1 N–H and O–H groups in total. The van der Waals surface area contributed by atoms with E-state index in [1.807, 2.05) is 76.8 Å². The first-order valence-corrected chi connectivity index (χ1v) is 9.64. The molecule has 5 rings (SSSR count). The first kappa shape index (κ1) is 16.6. The number of fused-ring (bicyclic) bond motifs is 2. The largest absolute Gasteiger partial charge is 0.344 e. The monoisotopic (exact) mass is 388 g/mol. The van der Waals surface area contributed by atoms with Gasteiger partial charge in [-0.05, 0) is 37.3 Å². The van der Waals surface area contributed by atoms with Crippen molar-refractivity contribution in [2.75, 3.05) is 0 Å². The topological polar surface area (TPSA) is 77.1 Å². The molecule has 0 aliphatic carbocycles. The molecule has 0 bridgehead atoms. The molecule has 0 aliphatic heterocycles. The Hall–Kier alpha value is -3.52. The summed E-state index contributed by atoms with van der Waals surface area (Å²) in [6.07, 6.45) is 1.88. The summed E-state index contributed by atoms with van der Waals surface area (Å²) in [7, 11) is 0. The van der Waals surface area contributed by atoms with Crippen LogP contribution in [-0.4, -0.2) is 30.3 Å². The summed E-state index contributed by atoms with van der Waals surface area (Å²) in [6, 6.07) is 17.5. The van der Waals surface area contributed by atoms with Gasteiger partial charge in [0.2, 0.25) is 0 Å². The Kier molecular flexibility index (Phi) is 3.91. The van der Waals surface area contributed by atoms with Gasteiger partial charge in [0, 0.05) is 11.6 Å². The lowest BCUT2D eigenvalue weighted by atomic mass is 10.3. The lowest BCUT2D eigenvalue weighted by Gasteiger charge is -2.03. The highest BCUT2D eigenvalue weighted by molar-refractivity contribution is 7.20. The molecule has 0 fully saturated rings. The second kappa shape index (κ2) is 6.58. The molecule has 8 heteroatoms. The highest BCUT2D eigenvalue weighted by Gasteiger charge is 2.17. The van der Waals surface area contributed by atoms with Gasteiger partial charge in [0.1, 0.15) is 4.83 Å². The lowest BCUT2D eigenvalue weighted by Crippen LogP contribution is -2.23. The Bertz CT molecular complexity index is 1300. The van der Waals surface area contributed by atoms with Gasteiger partial charge in [-0.15, -0.1) is 21.5 Å². The number of benzene rings is 1. The number of carbonyl (C=O) groups is 1. The SMILES string of the molecule is Cc1nn(-c2ccccc2)c2sc(C(=O)NCc3nnc4ccccn34)cc12. The molecular formula is C20H16N6OS. The summed E-state index contributed by atoms with van der Waals surface area (Å²) >= 11 is 1.43. The number of aryl methyl sites for hydroxylation is 1. The zero-order valence-electron chi connectivity index (χ0n) is 15.0. The van der Waals surface area contributed by atoms with E-state index in [-0.39, 0.29) is 5.91 Å². The number of hydrogen-bond donors (Lipinski definition) is 1. The highest BCUT2D eigenvalue weighted by Crippen LogP contribution is 2.30. The van der Waals surface area contributed by atoms with Crippen LogP contribution in [0.3, 0.4) is 0 Å². The van der Waals surface area contributed by atoms with E-state index in [0.29, 0.717) is 17.2 Å². The third-order valence-corrected chi connectivity index (χ3v) is 5.67. The van der Waals surface area contributed by atoms with E-state index in [9.17, 15) is 4.79 Å². The number of nitrogens with zero attached hydrogens (tertiary/aromatic N) is 5. The molecule has 4 aromatic heterocycles. The van der Waals surface area contributed by atoms with E-state index in [4.69, 9.17) is 0 Å². The number of aromatic nitrogens is 5. The number of para-hydroxylation sites is 1. The van der Waals surface area contributed by atoms with Crippen molar-refractivity contribution in [2.24, 2.45) is 0 Å². The molecule has 0 radical (unpaired) electrons. The van der Waals surface area contributed by atoms with Crippen LogP contribution in [-0.2, 0) is 6.54 Å². The summed E-state index contributed by atoms with van der Waals surface area (Å²) < 4.78 is 3.75. The molecule has 28 heavy (non-hydrogen) atoms. The average molecular weight is 388 g/mol. The molecule has 1 amide bonds. The fourth-order valence-electron chi connectivity index (χ4n) is 3.16. The van der Waals surface area contributed by atoms with E-state index in [1.165, 1.54) is 11.3 Å². The summed E-state index contributed by atoms with van der Waals surface area (Å²) in [5.41, 5.74) is 2.63. The van der Waals surface area contributed by atoms with E-state index >= 15 is 0 Å². The fraction of sp³-hybridized carbons (Fsp3) is 0.100. The first-order chi connectivity index (χ1) is 13.7. The van der Waals surface area contributed by atoms with Gasteiger partial charge >= 0.3 is 0 Å². The van der Waals surface area contributed by atoms with Gasteiger partial charge in [0.15, 0.2) is 11.5 Å². The molecule has 138 valence electrons. The highest BCUT2D eigenvalue weighted by atomic mass is 32.1. The van der Waals surface area contributed by atoms with E-state index in [0.717, 1.165) is 27.2 Å². The van der Waals surface area contributed by atoms with Crippen LogP contribution in [0, 0.1) is 6.92 Å². The van der Waals surface area contributed by atoms with Crippen molar-refractivity contribution in [3.05, 3.63) is 77.2 Å². The van der Waals surface area contributed by atoms with Crippen LogP contribution in [0.2, 0.25) is 0 Å². The van der Waals surface area contributed by atoms with Gasteiger partial charge in [-0.1, -0.05) is 24.3 Å². The lowest BCUT2D eigenvalue weighted by molar-refractivity contribution is 0.0954. The van der Waals surface area contributed by atoms with Gasteiger partial charge < -0.3 is 5.32 Å². The van der Waals surface area contributed by atoms with Crippen LogP contribution >= 0.6 is 11.3 Å². The molecular weight excluding hydrogens is 372 g/mol. The maximum Gasteiger partial charge on any atom is 0.261 e. The van der Waals surface area contributed by atoms with Crippen molar-refractivity contribution in [1.29, 1.82) is 0 Å². The molecule has 0 aliphatic rings. The van der Waals surface area contributed by atoms with Crippen molar-refractivity contribution in [3.63, 3.8) is 0 Å². The Morgan fingerprint density at radius 1 is 1.11 bits per heavy atom. The summed E-state index contributed by atoms with van der Waals surface area (Å²) in [5.74, 6) is 0.560. The van der Waals surface area contributed by atoms with E-state index < -0.39 is 0 Å². The number of amides is 1. The number of thiophene rings is 1. The van der Waals surface area contributed by atoms with Crippen molar-refractivity contribution in [3.8, 4) is 5.69 Å². The van der Waals surface area contributed by atoms with Crippen LogP contribution in [0.25, 0.3) is 21.6 Å². The Labute approximate surface area is 164 Å². The van der Waals surface area contributed by atoms with Crippen LogP contribution in [0.1, 0.15) is 21.2 Å². The zero-order chi connectivity index (χ0) is 19.1. The van der Waals surface area contributed by atoms with Gasteiger partial charge in [-0.3, -0.25) is 9.20 Å². The van der Waals surface area contributed by atoms with Crippen molar-refractivity contribution in [1.82, 2.24) is 29.7 Å². The average Bonchev–Trinajstić information content (AvgIpc) is 3.42. The van der Waals surface area contributed by atoms with E-state index in [1.54, 1.807) is 0 Å². The number of hydrogen-bond acceptors (Lipinski definition) is 5. The minimum atomic E-state index is -0.132. The Balaban J connectivity index is 1.42. The summed E-state index contributed by atoms with van der Waals surface area (Å²) in [5, 5.41) is 16.8. The predicted octanol–water partition coefficient (Wildman–Crippen LogP) is 3.37.